The maximum absolute atomic E-state index is 12.5. The number of carbonyl (C=O) groups excluding carboxylic acids is 1. The number of non-ortho nitro benzene ring substituents is 1. The molecule has 0 radical (unpaired) electrons. The van der Waals surface area contributed by atoms with Gasteiger partial charge in [0.25, 0.3) is 11.6 Å². The SMILES string of the molecule is N#CCc1ccc(NC(=O)c2sc3c([N+](=O)[O-])cccc3c2Cl)cc1. The monoisotopic (exact) mass is 371 g/mol. The third kappa shape index (κ3) is 3.31. The average molecular weight is 372 g/mol. The van der Waals surface area contributed by atoms with E-state index in [1.165, 1.54) is 12.1 Å². The predicted molar refractivity (Wildman–Crippen MR) is 97.2 cm³/mol. The summed E-state index contributed by atoms with van der Waals surface area (Å²) in [6, 6.07) is 13.5. The average Bonchev–Trinajstić information content (AvgIpc) is 2.94. The summed E-state index contributed by atoms with van der Waals surface area (Å²) in [5.74, 6) is -0.437. The molecule has 0 atom stereocenters. The van der Waals surface area contributed by atoms with Gasteiger partial charge < -0.3 is 5.32 Å². The standard InChI is InChI=1S/C17H10ClN3O3S/c18-14-12-2-1-3-13(21(23)24)15(12)25-16(14)17(22)20-11-6-4-10(5-7-11)8-9-19/h1-7H,8H2,(H,20,22). The quantitative estimate of drug-likeness (QED) is 0.527. The number of rotatable bonds is 4. The topological polar surface area (TPSA) is 96.0 Å². The van der Waals surface area contributed by atoms with Gasteiger partial charge >= 0.3 is 0 Å². The molecule has 2 aromatic carbocycles. The molecule has 0 aliphatic rings. The highest BCUT2D eigenvalue weighted by Gasteiger charge is 2.22. The van der Waals surface area contributed by atoms with Crippen LogP contribution in [0.3, 0.4) is 0 Å². The van der Waals surface area contributed by atoms with Crippen LogP contribution in [0.5, 0.6) is 0 Å². The van der Waals surface area contributed by atoms with E-state index in [-0.39, 0.29) is 15.6 Å². The van der Waals surface area contributed by atoms with Crippen LogP contribution in [0, 0.1) is 21.4 Å². The van der Waals surface area contributed by atoms with Crippen LogP contribution in [-0.4, -0.2) is 10.8 Å². The molecule has 0 unspecified atom stereocenters. The van der Waals surface area contributed by atoms with Crippen molar-refractivity contribution in [1.29, 1.82) is 5.26 Å². The van der Waals surface area contributed by atoms with E-state index in [2.05, 4.69) is 5.32 Å². The number of thiophene rings is 1. The molecular weight excluding hydrogens is 362 g/mol. The number of nitriles is 1. The number of nitro groups is 1. The van der Waals surface area contributed by atoms with Crippen molar-refractivity contribution in [3.05, 3.63) is 68.0 Å². The Morgan fingerprint density at radius 1 is 1.28 bits per heavy atom. The number of anilines is 1. The van der Waals surface area contributed by atoms with E-state index in [9.17, 15) is 14.9 Å². The van der Waals surface area contributed by atoms with Crippen molar-refractivity contribution in [1.82, 2.24) is 0 Å². The zero-order chi connectivity index (χ0) is 18.0. The van der Waals surface area contributed by atoms with E-state index >= 15 is 0 Å². The summed E-state index contributed by atoms with van der Waals surface area (Å²) in [6.07, 6.45) is 0.292. The first-order chi connectivity index (χ1) is 12.0. The Kier molecular flexibility index (Phi) is 4.65. The number of fused-ring (bicyclic) bond motifs is 1. The molecule has 1 heterocycles. The van der Waals surface area contributed by atoms with Gasteiger partial charge in [0.05, 0.1) is 22.4 Å². The summed E-state index contributed by atoms with van der Waals surface area (Å²) in [5, 5.41) is 23.2. The van der Waals surface area contributed by atoms with Gasteiger partial charge in [0.2, 0.25) is 0 Å². The zero-order valence-electron chi connectivity index (χ0n) is 12.7. The summed E-state index contributed by atoms with van der Waals surface area (Å²) in [6.45, 7) is 0. The molecule has 6 nitrogen and oxygen atoms in total. The summed E-state index contributed by atoms with van der Waals surface area (Å²) in [4.78, 5) is 23.3. The normalized spacial score (nSPS) is 10.4. The summed E-state index contributed by atoms with van der Waals surface area (Å²) < 4.78 is 0.368. The van der Waals surface area contributed by atoms with Crippen LogP contribution in [0.15, 0.2) is 42.5 Å². The summed E-state index contributed by atoms with van der Waals surface area (Å²) in [7, 11) is 0. The molecule has 0 fully saturated rings. The summed E-state index contributed by atoms with van der Waals surface area (Å²) in [5.41, 5.74) is 1.31. The fraction of sp³-hybridized carbons (Fsp3) is 0.0588. The van der Waals surface area contributed by atoms with Crippen LogP contribution < -0.4 is 5.32 Å². The van der Waals surface area contributed by atoms with Gasteiger partial charge in [-0.15, -0.1) is 11.3 Å². The lowest BCUT2D eigenvalue weighted by Gasteiger charge is -2.04. The lowest BCUT2D eigenvalue weighted by molar-refractivity contribution is -0.382. The third-order valence-corrected chi connectivity index (χ3v) is 5.26. The van der Waals surface area contributed by atoms with Crippen LogP contribution in [0.4, 0.5) is 11.4 Å². The Morgan fingerprint density at radius 2 is 2.00 bits per heavy atom. The van der Waals surface area contributed by atoms with Gasteiger partial charge in [-0.25, -0.2) is 0 Å². The van der Waals surface area contributed by atoms with Gasteiger partial charge in [0.15, 0.2) is 0 Å². The Hall–Kier alpha value is -2.95. The minimum Gasteiger partial charge on any atom is -0.321 e. The number of hydrogen-bond acceptors (Lipinski definition) is 5. The fourth-order valence-corrected chi connectivity index (χ4v) is 3.84. The lowest BCUT2D eigenvalue weighted by atomic mass is 10.1. The van der Waals surface area contributed by atoms with Crippen molar-refractivity contribution in [2.75, 3.05) is 5.32 Å². The maximum atomic E-state index is 12.5. The fourth-order valence-electron chi connectivity index (χ4n) is 2.35. The second-order valence-electron chi connectivity index (χ2n) is 5.14. The molecule has 1 aromatic heterocycles. The van der Waals surface area contributed by atoms with Crippen LogP contribution in [0.1, 0.15) is 15.2 Å². The van der Waals surface area contributed by atoms with Crippen LogP contribution in [0.25, 0.3) is 10.1 Å². The second-order valence-corrected chi connectivity index (χ2v) is 6.54. The van der Waals surface area contributed by atoms with Crippen molar-refractivity contribution < 1.29 is 9.72 Å². The number of nitro benzene ring substituents is 1. The van der Waals surface area contributed by atoms with Crippen molar-refractivity contribution in [3.8, 4) is 6.07 Å². The lowest BCUT2D eigenvalue weighted by Crippen LogP contribution is -2.10. The summed E-state index contributed by atoms with van der Waals surface area (Å²) >= 11 is 7.24. The van der Waals surface area contributed by atoms with E-state index in [0.29, 0.717) is 22.2 Å². The first-order valence-corrected chi connectivity index (χ1v) is 8.33. The minimum absolute atomic E-state index is 0.0793. The van der Waals surface area contributed by atoms with Gasteiger partial charge in [-0.1, -0.05) is 35.9 Å². The Bertz CT molecular complexity index is 1020. The van der Waals surface area contributed by atoms with E-state index in [1.54, 1.807) is 30.3 Å². The molecule has 1 amide bonds. The van der Waals surface area contributed by atoms with E-state index < -0.39 is 10.8 Å². The molecule has 8 heteroatoms. The highest BCUT2D eigenvalue weighted by Crippen LogP contribution is 2.40. The number of carbonyl (C=O) groups is 1. The van der Waals surface area contributed by atoms with Crippen molar-refractivity contribution in [2.24, 2.45) is 0 Å². The Morgan fingerprint density at radius 3 is 2.64 bits per heavy atom. The minimum atomic E-state index is -0.495. The van der Waals surface area contributed by atoms with Gasteiger partial charge in [-0.3, -0.25) is 14.9 Å². The van der Waals surface area contributed by atoms with Crippen molar-refractivity contribution in [3.63, 3.8) is 0 Å². The molecule has 0 spiro atoms. The number of benzene rings is 2. The van der Waals surface area contributed by atoms with Crippen molar-refractivity contribution in [2.45, 2.75) is 6.42 Å². The van der Waals surface area contributed by atoms with Crippen LogP contribution >= 0.6 is 22.9 Å². The highest BCUT2D eigenvalue weighted by atomic mass is 35.5. The first-order valence-electron chi connectivity index (χ1n) is 7.14. The number of nitrogens with zero attached hydrogens (tertiary/aromatic N) is 2. The molecule has 1 N–H and O–H groups in total. The predicted octanol–water partition coefficient (Wildman–Crippen LogP) is 4.78. The molecule has 3 aromatic rings. The Balaban J connectivity index is 1.92. The second kappa shape index (κ2) is 6.89. The molecule has 0 bridgehead atoms. The van der Waals surface area contributed by atoms with E-state index in [1.807, 2.05) is 6.07 Å². The Labute approximate surface area is 151 Å². The van der Waals surface area contributed by atoms with E-state index in [0.717, 1.165) is 16.9 Å². The zero-order valence-corrected chi connectivity index (χ0v) is 14.2. The van der Waals surface area contributed by atoms with Crippen molar-refractivity contribution >= 4 is 50.3 Å². The largest absolute Gasteiger partial charge is 0.321 e. The maximum Gasteiger partial charge on any atom is 0.287 e. The van der Waals surface area contributed by atoms with Gasteiger partial charge in [-0.05, 0) is 17.7 Å². The molecular formula is C17H10ClN3O3S. The van der Waals surface area contributed by atoms with Crippen LogP contribution in [0.2, 0.25) is 5.02 Å². The molecule has 124 valence electrons. The van der Waals surface area contributed by atoms with Gasteiger partial charge in [0, 0.05) is 17.1 Å². The molecule has 0 aliphatic carbocycles. The third-order valence-electron chi connectivity index (χ3n) is 3.53. The number of hydrogen-bond donors (Lipinski definition) is 1. The molecule has 0 aliphatic heterocycles. The number of amides is 1. The molecule has 0 saturated heterocycles. The van der Waals surface area contributed by atoms with Gasteiger partial charge in [0.1, 0.15) is 9.58 Å². The number of nitrogens with one attached hydrogen (secondary N) is 1. The number of halogens is 1. The molecule has 3 rings (SSSR count). The van der Waals surface area contributed by atoms with Crippen LogP contribution in [-0.2, 0) is 6.42 Å². The van der Waals surface area contributed by atoms with E-state index in [4.69, 9.17) is 16.9 Å². The highest BCUT2D eigenvalue weighted by molar-refractivity contribution is 7.22. The smallest absolute Gasteiger partial charge is 0.287 e. The molecule has 0 saturated carbocycles. The first kappa shape index (κ1) is 16.9. The molecule has 25 heavy (non-hydrogen) atoms. The van der Waals surface area contributed by atoms with Gasteiger partial charge in [-0.2, -0.15) is 5.26 Å².